The Labute approximate surface area is 120 Å². The minimum Gasteiger partial charge on any atom is -0.379 e. The summed E-state index contributed by atoms with van der Waals surface area (Å²) < 4.78 is 5.45. The van der Waals surface area contributed by atoms with E-state index in [1.165, 1.54) is 0 Å². The van der Waals surface area contributed by atoms with Gasteiger partial charge in [0.05, 0.1) is 25.2 Å². The number of carbonyl (C=O) groups excluding carboxylic acids is 1. The number of carbonyl (C=O) groups is 1. The molecule has 110 valence electrons. The lowest BCUT2D eigenvalue weighted by molar-refractivity contribution is -0.126. The van der Waals surface area contributed by atoms with Crippen molar-refractivity contribution in [3.63, 3.8) is 0 Å². The first-order valence-corrected chi connectivity index (χ1v) is 7.38. The zero-order valence-electron chi connectivity index (χ0n) is 12.3. The predicted octanol–water partition coefficient (Wildman–Crippen LogP) is 1.88. The van der Waals surface area contributed by atoms with E-state index in [2.05, 4.69) is 17.6 Å². The molecule has 20 heavy (non-hydrogen) atoms. The monoisotopic (exact) mass is 276 g/mol. The van der Waals surface area contributed by atoms with E-state index in [1.54, 1.807) is 0 Å². The summed E-state index contributed by atoms with van der Waals surface area (Å²) in [5, 5.41) is 6.48. The van der Waals surface area contributed by atoms with Gasteiger partial charge in [-0.05, 0) is 25.5 Å². The second-order valence-corrected chi connectivity index (χ2v) is 5.35. The van der Waals surface area contributed by atoms with E-state index < -0.39 is 0 Å². The molecule has 1 aromatic carbocycles. The van der Waals surface area contributed by atoms with Crippen LogP contribution >= 0.6 is 0 Å². The molecule has 0 aromatic heterocycles. The molecule has 0 radical (unpaired) electrons. The number of amides is 1. The molecule has 2 N–H and O–H groups in total. The van der Waals surface area contributed by atoms with Crippen molar-refractivity contribution in [1.82, 2.24) is 10.6 Å². The van der Waals surface area contributed by atoms with Crippen LogP contribution in [0.2, 0.25) is 0 Å². The number of hydrogen-bond donors (Lipinski definition) is 2. The first kappa shape index (κ1) is 15.0. The molecule has 1 heterocycles. The van der Waals surface area contributed by atoms with Gasteiger partial charge in [0.25, 0.3) is 0 Å². The highest BCUT2D eigenvalue weighted by atomic mass is 16.5. The summed E-state index contributed by atoms with van der Waals surface area (Å²) in [6.07, 6.45) is 1.06. The molecule has 2 rings (SSSR count). The molecule has 0 spiro atoms. The van der Waals surface area contributed by atoms with Crippen LogP contribution in [-0.4, -0.2) is 31.7 Å². The fraction of sp³-hybridized carbons (Fsp3) is 0.562. The SMILES string of the molecule is CCCNC1COCC1C(=O)N[C@H](C)c1ccccc1. The Bertz CT molecular complexity index is 422. The van der Waals surface area contributed by atoms with Gasteiger partial charge >= 0.3 is 0 Å². The summed E-state index contributed by atoms with van der Waals surface area (Å²) in [6.45, 7) is 6.19. The van der Waals surface area contributed by atoms with Crippen molar-refractivity contribution in [3.8, 4) is 0 Å². The molecule has 2 unspecified atom stereocenters. The average molecular weight is 276 g/mol. The standard InChI is InChI=1S/C16H24N2O2/c1-3-9-17-15-11-20-10-14(15)16(19)18-12(2)13-7-5-4-6-8-13/h4-8,12,14-15,17H,3,9-11H2,1-2H3,(H,18,19)/t12-,14?,15?/m1/s1. The Balaban J connectivity index is 1.90. The van der Waals surface area contributed by atoms with Crippen LogP contribution in [0, 0.1) is 5.92 Å². The molecule has 1 aliphatic rings. The van der Waals surface area contributed by atoms with Crippen LogP contribution < -0.4 is 10.6 Å². The van der Waals surface area contributed by atoms with E-state index in [0.29, 0.717) is 13.2 Å². The Kier molecular flexibility index (Phi) is 5.56. The van der Waals surface area contributed by atoms with Gasteiger partial charge in [-0.2, -0.15) is 0 Å². The average Bonchev–Trinajstić information content (AvgIpc) is 2.94. The van der Waals surface area contributed by atoms with E-state index in [0.717, 1.165) is 18.5 Å². The van der Waals surface area contributed by atoms with Gasteiger partial charge in [0.2, 0.25) is 5.91 Å². The van der Waals surface area contributed by atoms with E-state index in [-0.39, 0.29) is 23.9 Å². The molecule has 0 bridgehead atoms. The third-order valence-corrected chi connectivity index (χ3v) is 3.73. The fourth-order valence-corrected chi connectivity index (χ4v) is 2.49. The third kappa shape index (κ3) is 3.81. The highest BCUT2D eigenvalue weighted by Crippen LogP contribution is 2.17. The van der Waals surface area contributed by atoms with Crippen molar-refractivity contribution in [2.45, 2.75) is 32.4 Å². The van der Waals surface area contributed by atoms with Gasteiger partial charge in [0, 0.05) is 6.04 Å². The molecule has 4 heteroatoms. The van der Waals surface area contributed by atoms with E-state index in [9.17, 15) is 4.79 Å². The maximum absolute atomic E-state index is 12.4. The number of nitrogens with one attached hydrogen (secondary N) is 2. The van der Waals surface area contributed by atoms with E-state index >= 15 is 0 Å². The van der Waals surface area contributed by atoms with Crippen LogP contribution in [0.1, 0.15) is 31.9 Å². The third-order valence-electron chi connectivity index (χ3n) is 3.73. The maximum atomic E-state index is 12.4. The molecular weight excluding hydrogens is 252 g/mol. The molecule has 4 nitrogen and oxygen atoms in total. The summed E-state index contributed by atoms with van der Waals surface area (Å²) in [4.78, 5) is 12.4. The second kappa shape index (κ2) is 7.41. The number of ether oxygens (including phenoxy) is 1. The van der Waals surface area contributed by atoms with Crippen LogP contribution in [-0.2, 0) is 9.53 Å². The summed E-state index contributed by atoms with van der Waals surface area (Å²) >= 11 is 0. The lowest BCUT2D eigenvalue weighted by atomic mass is 10.0. The molecular formula is C16H24N2O2. The van der Waals surface area contributed by atoms with Gasteiger partial charge in [-0.25, -0.2) is 0 Å². The van der Waals surface area contributed by atoms with Gasteiger partial charge in [-0.1, -0.05) is 37.3 Å². The zero-order valence-corrected chi connectivity index (χ0v) is 12.3. The maximum Gasteiger partial charge on any atom is 0.227 e. The number of benzene rings is 1. The summed E-state index contributed by atoms with van der Waals surface area (Å²) in [7, 11) is 0. The number of rotatable bonds is 6. The Hall–Kier alpha value is -1.39. The largest absolute Gasteiger partial charge is 0.379 e. The quantitative estimate of drug-likeness (QED) is 0.834. The van der Waals surface area contributed by atoms with Crippen molar-refractivity contribution in [3.05, 3.63) is 35.9 Å². The smallest absolute Gasteiger partial charge is 0.227 e. The van der Waals surface area contributed by atoms with Gasteiger partial charge < -0.3 is 15.4 Å². The van der Waals surface area contributed by atoms with Gasteiger partial charge in [0.15, 0.2) is 0 Å². The molecule has 3 atom stereocenters. The van der Waals surface area contributed by atoms with Crippen LogP contribution in [0.4, 0.5) is 0 Å². The highest BCUT2D eigenvalue weighted by molar-refractivity contribution is 5.80. The predicted molar refractivity (Wildman–Crippen MR) is 79.4 cm³/mol. The molecule has 1 amide bonds. The van der Waals surface area contributed by atoms with Gasteiger partial charge in [0.1, 0.15) is 0 Å². The van der Waals surface area contributed by atoms with Crippen LogP contribution in [0.3, 0.4) is 0 Å². The normalized spacial score (nSPS) is 23.5. The lowest BCUT2D eigenvalue weighted by Gasteiger charge is -2.21. The first-order valence-electron chi connectivity index (χ1n) is 7.38. The minimum absolute atomic E-state index is 0.0242. The highest BCUT2D eigenvalue weighted by Gasteiger charge is 2.34. The van der Waals surface area contributed by atoms with E-state index in [4.69, 9.17) is 4.74 Å². The Morgan fingerprint density at radius 2 is 2.10 bits per heavy atom. The van der Waals surface area contributed by atoms with Crippen LogP contribution in [0.5, 0.6) is 0 Å². The van der Waals surface area contributed by atoms with Crippen molar-refractivity contribution in [2.24, 2.45) is 5.92 Å². The van der Waals surface area contributed by atoms with Gasteiger partial charge in [-0.3, -0.25) is 4.79 Å². The zero-order chi connectivity index (χ0) is 14.4. The van der Waals surface area contributed by atoms with Gasteiger partial charge in [-0.15, -0.1) is 0 Å². The summed E-state index contributed by atoms with van der Waals surface area (Å²) in [5.41, 5.74) is 1.12. The molecule has 1 fully saturated rings. The molecule has 1 saturated heterocycles. The molecule has 0 aliphatic carbocycles. The first-order chi connectivity index (χ1) is 9.72. The van der Waals surface area contributed by atoms with Crippen molar-refractivity contribution in [2.75, 3.05) is 19.8 Å². The Morgan fingerprint density at radius 1 is 1.35 bits per heavy atom. The van der Waals surface area contributed by atoms with Crippen molar-refractivity contribution < 1.29 is 9.53 Å². The van der Waals surface area contributed by atoms with Crippen molar-refractivity contribution >= 4 is 5.91 Å². The van der Waals surface area contributed by atoms with Crippen molar-refractivity contribution in [1.29, 1.82) is 0 Å². The minimum atomic E-state index is -0.0901. The van der Waals surface area contributed by atoms with Crippen LogP contribution in [0.15, 0.2) is 30.3 Å². The van der Waals surface area contributed by atoms with E-state index in [1.807, 2.05) is 37.3 Å². The lowest BCUT2D eigenvalue weighted by Crippen LogP contribution is -2.44. The molecule has 1 aromatic rings. The summed E-state index contributed by atoms with van der Waals surface area (Å²) in [6, 6.07) is 10.2. The van der Waals surface area contributed by atoms with Crippen LogP contribution in [0.25, 0.3) is 0 Å². The molecule has 0 saturated carbocycles. The molecule has 1 aliphatic heterocycles. The fourth-order valence-electron chi connectivity index (χ4n) is 2.49. The number of hydrogen-bond acceptors (Lipinski definition) is 3. The Morgan fingerprint density at radius 3 is 2.80 bits per heavy atom. The second-order valence-electron chi connectivity index (χ2n) is 5.35. The topological polar surface area (TPSA) is 50.4 Å². The summed E-state index contributed by atoms with van der Waals surface area (Å²) in [5.74, 6) is -0.0137.